The smallest absolute Gasteiger partial charge is 0.316 e. The predicted molar refractivity (Wildman–Crippen MR) is 115 cm³/mol. The van der Waals surface area contributed by atoms with Crippen LogP contribution in [0.3, 0.4) is 0 Å². The Hall–Kier alpha value is -3.81. The number of fused-ring (bicyclic) bond motifs is 5. The van der Waals surface area contributed by atoms with E-state index in [4.69, 9.17) is 23.7 Å². The van der Waals surface area contributed by atoms with Crippen molar-refractivity contribution in [3.05, 3.63) is 5.82 Å². The summed E-state index contributed by atoms with van der Waals surface area (Å²) in [5, 5.41) is 2.52. The van der Waals surface area contributed by atoms with Crippen LogP contribution in [-0.2, 0) is 38.1 Å². The second-order valence-corrected chi connectivity index (χ2v) is 8.00. The fourth-order valence-electron chi connectivity index (χ4n) is 4.47. The summed E-state index contributed by atoms with van der Waals surface area (Å²) in [7, 11) is 1.23. The number of ether oxygens (including phenoxy) is 5. The van der Waals surface area contributed by atoms with E-state index in [1.54, 1.807) is 11.5 Å². The number of rotatable bonds is 7. The fourth-order valence-corrected chi connectivity index (χ4v) is 4.47. The van der Waals surface area contributed by atoms with Gasteiger partial charge in [-0.25, -0.2) is 4.98 Å². The minimum Gasteiger partial charge on any atom is -0.476 e. The third-order valence-electron chi connectivity index (χ3n) is 5.62. The molecule has 2 aromatic heterocycles. The van der Waals surface area contributed by atoms with Crippen molar-refractivity contribution in [2.45, 2.75) is 52.0 Å². The Bertz CT molecular complexity index is 1200. The molecule has 1 saturated heterocycles. The lowest BCUT2D eigenvalue weighted by Crippen LogP contribution is -2.38. The molecule has 35 heavy (non-hydrogen) atoms. The van der Waals surface area contributed by atoms with Crippen LogP contribution in [0.4, 0.5) is 5.95 Å². The maximum absolute atomic E-state index is 12.9. The first-order valence-electron chi connectivity index (χ1n) is 10.9. The first-order valence-corrected chi connectivity index (χ1v) is 10.9. The van der Waals surface area contributed by atoms with E-state index in [1.807, 2.05) is 0 Å². The van der Waals surface area contributed by atoms with E-state index in [1.165, 1.54) is 27.9 Å². The van der Waals surface area contributed by atoms with Crippen molar-refractivity contribution in [3.8, 4) is 5.88 Å². The van der Waals surface area contributed by atoms with Gasteiger partial charge in [0, 0.05) is 20.8 Å². The number of hydrogen-bond donors (Lipinski definition) is 1. The van der Waals surface area contributed by atoms with E-state index < -0.39 is 54.1 Å². The zero-order valence-corrected chi connectivity index (χ0v) is 19.8. The number of anilines is 1. The van der Waals surface area contributed by atoms with Gasteiger partial charge in [0.25, 0.3) is 0 Å². The van der Waals surface area contributed by atoms with Crippen LogP contribution in [-0.4, -0.2) is 75.9 Å². The lowest BCUT2D eigenvalue weighted by Gasteiger charge is -2.24. The molecule has 0 aliphatic carbocycles. The van der Waals surface area contributed by atoms with Gasteiger partial charge in [-0.15, -0.1) is 0 Å². The maximum atomic E-state index is 12.9. The van der Waals surface area contributed by atoms with Gasteiger partial charge < -0.3 is 23.7 Å². The van der Waals surface area contributed by atoms with Gasteiger partial charge in [0.2, 0.25) is 17.7 Å². The molecule has 14 nitrogen and oxygen atoms in total. The third kappa shape index (κ3) is 4.36. The molecule has 1 amide bonds. The molecule has 1 fully saturated rings. The van der Waals surface area contributed by atoms with Crippen molar-refractivity contribution in [2.75, 3.05) is 25.6 Å². The van der Waals surface area contributed by atoms with Gasteiger partial charge >= 0.3 is 17.9 Å². The largest absolute Gasteiger partial charge is 0.476 e. The molecule has 1 N–H and O–H groups in total. The maximum Gasteiger partial charge on any atom is 0.316 e. The number of carbonyl (C=O) groups excluding carboxylic acids is 4. The zero-order valence-electron chi connectivity index (χ0n) is 19.8. The Morgan fingerprint density at radius 1 is 1.09 bits per heavy atom. The van der Waals surface area contributed by atoms with Crippen molar-refractivity contribution >= 4 is 40.9 Å². The van der Waals surface area contributed by atoms with Gasteiger partial charge in [-0.1, -0.05) is 0 Å². The summed E-state index contributed by atoms with van der Waals surface area (Å²) < 4.78 is 29.0. The minimum atomic E-state index is -0.996. The molecule has 2 aliphatic rings. The highest BCUT2D eigenvalue weighted by atomic mass is 16.6. The van der Waals surface area contributed by atoms with Gasteiger partial charge in [0.05, 0.1) is 19.6 Å². The number of carbonyl (C=O) groups is 4. The average molecular weight is 491 g/mol. The van der Waals surface area contributed by atoms with E-state index in [-0.39, 0.29) is 42.0 Å². The normalized spacial score (nSPS) is 24.4. The quantitative estimate of drug-likeness (QED) is 0.420. The van der Waals surface area contributed by atoms with E-state index in [0.29, 0.717) is 0 Å². The molecule has 188 valence electrons. The SMILES string of the molecule is CCOc1nc(NC(C)=O)nc2c1nc1n2[C@@H]2O[C@H](COC(C)=O)[C@@H](OC(C)=O)[C@@H]2C1C(=O)OC. The number of amides is 1. The first kappa shape index (κ1) is 24.3. The molecule has 0 aromatic carbocycles. The summed E-state index contributed by atoms with van der Waals surface area (Å²) in [6.07, 6.45) is -2.68. The van der Waals surface area contributed by atoms with E-state index in [9.17, 15) is 19.2 Å². The van der Waals surface area contributed by atoms with E-state index >= 15 is 0 Å². The Labute approximate surface area is 199 Å². The highest BCUT2D eigenvalue weighted by molar-refractivity contribution is 5.89. The molecule has 0 saturated carbocycles. The number of nitrogens with one attached hydrogen (secondary N) is 1. The van der Waals surface area contributed by atoms with E-state index in [0.717, 1.165) is 0 Å². The van der Waals surface area contributed by atoms with Crippen molar-refractivity contribution in [3.63, 3.8) is 0 Å². The van der Waals surface area contributed by atoms with E-state index in [2.05, 4.69) is 20.3 Å². The Balaban J connectivity index is 1.88. The lowest BCUT2D eigenvalue weighted by atomic mass is 9.88. The molecule has 5 atom stereocenters. The standard InChI is InChI=1S/C21H25N5O9/c1-6-32-18-14-17(24-21(25-18)22-8(2)27)26-16(23-14)13(20(30)31-5)12-15(34-10(4)29)11(35-19(12)26)7-33-9(3)28/h11-13,15,19H,6-7H2,1-5H3,(H,22,24,25,27)/t11-,12+,13?,15-,19-/m1/s1. The molecule has 0 bridgehead atoms. The van der Waals surface area contributed by atoms with Crippen molar-refractivity contribution < 1.29 is 42.9 Å². The predicted octanol–water partition coefficient (Wildman–Crippen LogP) is 0.462. The van der Waals surface area contributed by atoms with Crippen LogP contribution >= 0.6 is 0 Å². The summed E-state index contributed by atoms with van der Waals surface area (Å²) in [5.74, 6) is -3.57. The molecule has 0 spiro atoms. The number of methoxy groups -OCH3 is 1. The summed E-state index contributed by atoms with van der Waals surface area (Å²) >= 11 is 0. The Kier molecular flexibility index (Phi) is 6.56. The summed E-state index contributed by atoms with van der Waals surface area (Å²) in [6.45, 7) is 5.59. The van der Waals surface area contributed by atoms with Crippen LogP contribution in [0.25, 0.3) is 11.2 Å². The van der Waals surface area contributed by atoms with Crippen LogP contribution in [0.5, 0.6) is 5.88 Å². The molecule has 4 rings (SSSR count). The van der Waals surface area contributed by atoms with Crippen LogP contribution in [0.1, 0.15) is 45.7 Å². The van der Waals surface area contributed by atoms with Crippen molar-refractivity contribution in [1.29, 1.82) is 0 Å². The minimum absolute atomic E-state index is 0.0276. The van der Waals surface area contributed by atoms with Crippen LogP contribution in [0.2, 0.25) is 0 Å². The van der Waals surface area contributed by atoms with Crippen LogP contribution in [0.15, 0.2) is 0 Å². The second kappa shape index (κ2) is 9.44. The second-order valence-electron chi connectivity index (χ2n) is 8.00. The van der Waals surface area contributed by atoms with Crippen LogP contribution < -0.4 is 10.1 Å². The van der Waals surface area contributed by atoms with Crippen molar-refractivity contribution in [2.24, 2.45) is 5.92 Å². The molecular formula is C21H25N5O9. The van der Waals surface area contributed by atoms with Gasteiger partial charge in [0.15, 0.2) is 11.2 Å². The van der Waals surface area contributed by atoms with Gasteiger partial charge in [-0.05, 0) is 6.92 Å². The number of esters is 3. The first-order chi connectivity index (χ1) is 16.7. The Morgan fingerprint density at radius 2 is 1.83 bits per heavy atom. The Morgan fingerprint density at radius 3 is 2.43 bits per heavy atom. The highest BCUT2D eigenvalue weighted by Gasteiger charge is 2.60. The monoisotopic (exact) mass is 491 g/mol. The number of nitrogens with zero attached hydrogens (tertiary/aromatic N) is 4. The number of imidazole rings is 1. The molecule has 0 radical (unpaired) electrons. The molecular weight excluding hydrogens is 466 g/mol. The third-order valence-corrected chi connectivity index (χ3v) is 5.62. The molecule has 2 aliphatic heterocycles. The summed E-state index contributed by atoms with van der Waals surface area (Å²) in [6, 6.07) is 0. The van der Waals surface area contributed by atoms with Gasteiger partial charge in [-0.3, -0.25) is 29.1 Å². The number of aromatic nitrogens is 4. The highest BCUT2D eigenvalue weighted by Crippen LogP contribution is 2.53. The van der Waals surface area contributed by atoms with Gasteiger partial charge in [-0.2, -0.15) is 9.97 Å². The summed E-state index contributed by atoms with van der Waals surface area (Å²) in [5.41, 5.74) is 0.484. The molecule has 14 heteroatoms. The molecule has 2 aromatic rings. The summed E-state index contributed by atoms with van der Waals surface area (Å²) in [4.78, 5) is 61.1. The van der Waals surface area contributed by atoms with Crippen LogP contribution in [0, 0.1) is 5.92 Å². The zero-order chi connectivity index (χ0) is 25.4. The molecule has 1 unspecified atom stereocenters. The van der Waals surface area contributed by atoms with Gasteiger partial charge in [0.1, 0.15) is 36.8 Å². The topological polar surface area (TPSA) is 170 Å². The van der Waals surface area contributed by atoms with Crippen molar-refractivity contribution in [1.82, 2.24) is 19.5 Å². The molecule has 4 heterocycles. The average Bonchev–Trinajstić information content (AvgIpc) is 3.40. The fraction of sp³-hybridized carbons (Fsp3) is 0.571. The lowest BCUT2D eigenvalue weighted by molar-refractivity contribution is -0.158. The number of hydrogen-bond acceptors (Lipinski definition) is 12.